The average Bonchev–Trinajstić information content (AvgIpc) is 3.38. The Morgan fingerprint density at radius 1 is 0.203 bits per heavy atom. The van der Waals surface area contributed by atoms with Gasteiger partial charge in [-0.1, -0.05) is 212 Å². The van der Waals surface area contributed by atoms with Crippen LogP contribution in [0.3, 0.4) is 0 Å². The van der Waals surface area contributed by atoms with E-state index in [1.807, 2.05) is 66.7 Å². The fourth-order valence-electron chi connectivity index (χ4n) is 9.03. The van der Waals surface area contributed by atoms with Crippen molar-refractivity contribution in [2.24, 2.45) is 0 Å². The minimum Gasteiger partial charge on any atom is -0.228 e. The lowest BCUT2D eigenvalue weighted by atomic mass is 9.87. The monoisotopic (exact) mass is 815 g/mol. The topological polar surface area (TPSA) is 64.5 Å². The molecule has 5 nitrogen and oxygen atoms in total. The van der Waals surface area contributed by atoms with Gasteiger partial charge in [0.2, 0.25) is 0 Å². The highest BCUT2D eigenvalue weighted by Gasteiger charge is 2.22. The molecule has 2 heterocycles. The third-order valence-electron chi connectivity index (χ3n) is 12.1. The van der Waals surface area contributed by atoms with Gasteiger partial charge < -0.3 is 0 Å². The predicted molar refractivity (Wildman–Crippen MR) is 263 cm³/mol. The predicted octanol–water partition coefficient (Wildman–Crippen LogP) is 14.9. The molecule has 0 N–H and O–H groups in total. The molecule has 298 valence electrons. The van der Waals surface area contributed by atoms with Gasteiger partial charge in [-0.15, -0.1) is 0 Å². The number of hydrogen-bond donors (Lipinski definition) is 0. The van der Waals surface area contributed by atoms with Gasteiger partial charge in [-0.2, -0.15) is 0 Å². The molecule has 10 aromatic carbocycles. The van der Waals surface area contributed by atoms with E-state index in [1.165, 1.54) is 21.5 Å². The highest BCUT2D eigenvalue weighted by molar-refractivity contribution is 6.21. The maximum absolute atomic E-state index is 5.28. The van der Waals surface area contributed by atoms with Gasteiger partial charge in [-0.25, -0.2) is 24.9 Å². The standard InChI is InChI=1S/C59H37N5/c1-4-17-39(18-5-1)52-37-53(45-34-35-47-44(36-45)33-28-38-16-10-11-23-46(38)47)61-56(60-52)43-31-29-40(30-32-43)54-50-26-14-12-24-48(50)49-25-13-15-27-51(49)55(54)59-63-57(41-19-6-2-7-20-41)62-58(64-59)42-21-8-3-9-22-42/h1-37H. The summed E-state index contributed by atoms with van der Waals surface area (Å²) in [5, 5.41) is 9.34. The van der Waals surface area contributed by atoms with Crippen molar-refractivity contribution >= 4 is 43.1 Å². The molecular formula is C59H37N5. The van der Waals surface area contributed by atoms with Crippen molar-refractivity contribution in [3.8, 4) is 79.2 Å². The Bertz CT molecular complexity index is 3640. The van der Waals surface area contributed by atoms with E-state index in [9.17, 15) is 0 Å². The SMILES string of the molecule is c1ccc(-c2cc(-c3ccc4c(ccc5ccccc54)c3)nc(-c3ccc(-c4c(-c5nc(-c6ccccc6)nc(-c6ccccc6)n5)c5ccccc5c5ccccc45)cc3)n2)cc1. The lowest BCUT2D eigenvalue weighted by Crippen LogP contribution is -2.02. The normalized spacial score (nSPS) is 11.4. The van der Waals surface area contributed by atoms with Gasteiger partial charge in [0.15, 0.2) is 23.3 Å². The summed E-state index contributed by atoms with van der Waals surface area (Å²) in [6, 6.07) is 78.2. The molecule has 0 saturated heterocycles. The molecule has 5 heteroatoms. The molecule has 0 amide bonds. The van der Waals surface area contributed by atoms with Gasteiger partial charge in [-0.3, -0.25) is 0 Å². The van der Waals surface area contributed by atoms with Crippen molar-refractivity contribution in [3.05, 3.63) is 224 Å². The van der Waals surface area contributed by atoms with Crippen LogP contribution >= 0.6 is 0 Å². The van der Waals surface area contributed by atoms with Gasteiger partial charge in [0, 0.05) is 38.9 Å². The van der Waals surface area contributed by atoms with Crippen LogP contribution in [-0.4, -0.2) is 24.9 Å². The Hall–Kier alpha value is -8.67. The van der Waals surface area contributed by atoms with Crippen LogP contribution in [0.2, 0.25) is 0 Å². The Morgan fingerprint density at radius 2 is 0.609 bits per heavy atom. The summed E-state index contributed by atoms with van der Waals surface area (Å²) < 4.78 is 0. The molecule has 12 rings (SSSR count). The first-order valence-corrected chi connectivity index (χ1v) is 21.5. The Kier molecular flexibility index (Phi) is 9.08. The van der Waals surface area contributed by atoms with E-state index in [4.69, 9.17) is 24.9 Å². The molecule has 64 heavy (non-hydrogen) atoms. The molecule has 0 saturated carbocycles. The van der Waals surface area contributed by atoms with Crippen LogP contribution in [0.4, 0.5) is 0 Å². The molecule has 0 fully saturated rings. The van der Waals surface area contributed by atoms with Gasteiger partial charge in [-0.05, 0) is 60.8 Å². The lowest BCUT2D eigenvalue weighted by molar-refractivity contribution is 1.08. The third kappa shape index (κ3) is 6.64. The summed E-state index contributed by atoms with van der Waals surface area (Å²) in [5.74, 6) is 2.51. The largest absolute Gasteiger partial charge is 0.228 e. The summed E-state index contributed by atoms with van der Waals surface area (Å²) in [5.41, 5.74) is 9.60. The molecule has 0 aliphatic rings. The number of benzene rings is 10. The minimum absolute atomic E-state index is 0.612. The number of hydrogen-bond acceptors (Lipinski definition) is 5. The zero-order valence-corrected chi connectivity index (χ0v) is 34.6. The molecule has 12 aromatic rings. The number of aromatic nitrogens is 5. The zero-order valence-electron chi connectivity index (χ0n) is 34.6. The van der Waals surface area contributed by atoms with Gasteiger partial charge in [0.05, 0.1) is 11.4 Å². The van der Waals surface area contributed by atoms with E-state index in [0.29, 0.717) is 23.3 Å². The van der Waals surface area contributed by atoms with Crippen molar-refractivity contribution in [1.29, 1.82) is 0 Å². The molecule has 0 atom stereocenters. The van der Waals surface area contributed by atoms with E-state index in [0.717, 1.165) is 77.4 Å². The maximum Gasteiger partial charge on any atom is 0.165 e. The van der Waals surface area contributed by atoms with E-state index < -0.39 is 0 Å². The highest BCUT2D eigenvalue weighted by Crippen LogP contribution is 2.44. The van der Waals surface area contributed by atoms with Crippen molar-refractivity contribution in [2.75, 3.05) is 0 Å². The second-order valence-electron chi connectivity index (χ2n) is 16.0. The molecule has 2 aromatic heterocycles. The minimum atomic E-state index is 0.612. The molecule has 0 aliphatic heterocycles. The quantitative estimate of drug-likeness (QED) is 0.150. The fraction of sp³-hybridized carbons (Fsp3) is 0. The second-order valence-corrected chi connectivity index (χ2v) is 16.0. The molecule has 0 aliphatic carbocycles. The van der Waals surface area contributed by atoms with Crippen LogP contribution in [0.25, 0.3) is 122 Å². The van der Waals surface area contributed by atoms with Crippen molar-refractivity contribution in [2.45, 2.75) is 0 Å². The zero-order chi connectivity index (χ0) is 42.4. The van der Waals surface area contributed by atoms with Crippen LogP contribution < -0.4 is 0 Å². The number of rotatable bonds is 7. The first-order valence-electron chi connectivity index (χ1n) is 21.5. The summed E-state index contributed by atoms with van der Waals surface area (Å²) in [7, 11) is 0. The van der Waals surface area contributed by atoms with Crippen LogP contribution in [-0.2, 0) is 0 Å². The molecule has 0 radical (unpaired) electrons. The first-order chi connectivity index (χ1) is 31.7. The van der Waals surface area contributed by atoms with Gasteiger partial charge in [0.1, 0.15) is 0 Å². The fourth-order valence-corrected chi connectivity index (χ4v) is 9.03. The highest BCUT2D eigenvalue weighted by atomic mass is 15.0. The average molecular weight is 816 g/mol. The third-order valence-corrected chi connectivity index (χ3v) is 12.1. The first kappa shape index (κ1) is 37.1. The van der Waals surface area contributed by atoms with Gasteiger partial charge >= 0.3 is 0 Å². The van der Waals surface area contributed by atoms with E-state index >= 15 is 0 Å². The van der Waals surface area contributed by atoms with Crippen molar-refractivity contribution < 1.29 is 0 Å². The van der Waals surface area contributed by atoms with Gasteiger partial charge in [0.25, 0.3) is 0 Å². The van der Waals surface area contributed by atoms with E-state index in [1.54, 1.807) is 0 Å². The van der Waals surface area contributed by atoms with E-state index in [-0.39, 0.29) is 0 Å². The van der Waals surface area contributed by atoms with Crippen LogP contribution in [0, 0.1) is 0 Å². The van der Waals surface area contributed by atoms with Crippen LogP contribution in [0.5, 0.6) is 0 Å². The Labute approximate surface area is 370 Å². The van der Waals surface area contributed by atoms with E-state index in [2.05, 4.69) is 158 Å². The summed E-state index contributed by atoms with van der Waals surface area (Å²) >= 11 is 0. The smallest absolute Gasteiger partial charge is 0.165 e. The Balaban J connectivity index is 1.04. The Morgan fingerprint density at radius 3 is 1.23 bits per heavy atom. The summed E-state index contributed by atoms with van der Waals surface area (Å²) in [6.07, 6.45) is 0. The van der Waals surface area contributed by atoms with Crippen molar-refractivity contribution in [3.63, 3.8) is 0 Å². The second kappa shape index (κ2) is 15.7. The van der Waals surface area contributed by atoms with Crippen molar-refractivity contribution in [1.82, 2.24) is 24.9 Å². The van der Waals surface area contributed by atoms with Crippen LogP contribution in [0.1, 0.15) is 0 Å². The molecule has 0 spiro atoms. The maximum atomic E-state index is 5.28. The lowest BCUT2D eigenvalue weighted by Gasteiger charge is -2.18. The molecule has 0 unspecified atom stereocenters. The molecular weight excluding hydrogens is 779 g/mol. The number of fused-ring (bicyclic) bond motifs is 6. The number of nitrogens with zero attached hydrogens (tertiary/aromatic N) is 5. The summed E-state index contributed by atoms with van der Waals surface area (Å²) in [6.45, 7) is 0. The molecule has 0 bridgehead atoms. The summed E-state index contributed by atoms with van der Waals surface area (Å²) in [4.78, 5) is 26.1. The van der Waals surface area contributed by atoms with Crippen LogP contribution in [0.15, 0.2) is 224 Å².